The highest BCUT2D eigenvalue weighted by Gasteiger charge is 2.24. The van der Waals surface area contributed by atoms with E-state index in [4.69, 9.17) is 9.88 Å². The number of rotatable bonds is 4. The lowest BCUT2D eigenvalue weighted by molar-refractivity contribution is 0.0907. The molecule has 110 valence electrons. The Balaban J connectivity index is 2.02. The van der Waals surface area contributed by atoms with Crippen LogP contribution in [0.15, 0.2) is 29.2 Å². The Hall–Kier alpha value is -1.44. The number of carbonyl (C=O) groups is 1. The van der Waals surface area contributed by atoms with E-state index in [0.717, 1.165) is 6.42 Å². The topological polar surface area (TPSA) is 98.5 Å². The fourth-order valence-corrected chi connectivity index (χ4v) is 2.74. The molecule has 1 aromatic rings. The Morgan fingerprint density at radius 2 is 2.25 bits per heavy atom. The average molecular weight is 298 g/mol. The van der Waals surface area contributed by atoms with Gasteiger partial charge in [0.05, 0.1) is 11.0 Å². The summed E-state index contributed by atoms with van der Waals surface area (Å²) in [4.78, 5) is 11.9. The number of carbonyl (C=O) groups excluding carboxylic acids is 1. The molecule has 0 radical (unpaired) electrons. The highest BCUT2D eigenvalue weighted by molar-refractivity contribution is 7.89. The summed E-state index contributed by atoms with van der Waals surface area (Å²) >= 11 is 0. The van der Waals surface area contributed by atoms with E-state index in [1.165, 1.54) is 18.2 Å². The highest BCUT2D eigenvalue weighted by Crippen LogP contribution is 2.19. The Morgan fingerprint density at radius 3 is 2.85 bits per heavy atom. The van der Waals surface area contributed by atoms with Crippen molar-refractivity contribution in [2.75, 3.05) is 13.2 Å². The van der Waals surface area contributed by atoms with Gasteiger partial charge in [-0.05, 0) is 31.5 Å². The molecular weight excluding hydrogens is 280 g/mol. The molecule has 7 heteroatoms. The quantitative estimate of drug-likeness (QED) is 0.845. The predicted molar refractivity (Wildman–Crippen MR) is 73.7 cm³/mol. The number of benzene rings is 1. The van der Waals surface area contributed by atoms with Crippen molar-refractivity contribution < 1.29 is 17.9 Å². The Labute approximate surface area is 118 Å². The molecular formula is C13H18N2O4S. The van der Waals surface area contributed by atoms with Crippen LogP contribution in [0.25, 0.3) is 0 Å². The average Bonchev–Trinajstić information content (AvgIpc) is 2.81. The lowest BCUT2D eigenvalue weighted by atomic mass is 10.0. The van der Waals surface area contributed by atoms with Crippen LogP contribution in [0.2, 0.25) is 0 Å². The summed E-state index contributed by atoms with van der Waals surface area (Å²) in [6.07, 6.45) is 1.05. The minimum absolute atomic E-state index is 0.0669. The van der Waals surface area contributed by atoms with Crippen LogP contribution in [0.3, 0.4) is 0 Å². The monoisotopic (exact) mass is 298 g/mol. The molecule has 1 aliphatic heterocycles. The summed E-state index contributed by atoms with van der Waals surface area (Å²) in [5, 5.41) is 7.84. The van der Waals surface area contributed by atoms with E-state index in [1.54, 1.807) is 6.07 Å². The first-order chi connectivity index (χ1) is 9.38. The number of hydrogen-bond acceptors (Lipinski definition) is 4. The van der Waals surface area contributed by atoms with Gasteiger partial charge in [-0.25, -0.2) is 13.6 Å². The minimum Gasteiger partial charge on any atom is -0.378 e. The third-order valence-electron chi connectivity index (χ3n) is 3.48. The van der Waals surface area contributed by atoms with Crippen molar-refractivity contribution in [1.82, 2.24) is 5.32 Å². The minimum atomic E-state index is -3.80. The number of sulfonamides is 1. The molecule has 0 bridgehead atoms. The lowest BCUT2D eigenvalue weighted by Gasteiger charge is -2.14. The summed E-state index contributed by atoms with van der Waals surface area (Å²) in [5.41, 5.74) is 0.281. The summed E-state index contributed by atoms with van der Waals surface area (Å²) in [5.74, 6) is -0.0185. The van der Waals surface area contributed by atoms with E-state index < -0.39 is 10.0 Å². The first-order valence-electron chi connectivity index (χ1n) is 6.40. The number of ether oxygens (including phenoxy) is 1. The van der Waals surface area contributed by atoms with Crippen molar-refractivity contribution in [1.29, 1.82) is 0 Å². The first-order valence-corrected chi connectivity index (χ1v) is 7.95. The second-order valence-corrected chi connectivity index (χ2v) is 6.47. The zero-order valence-corrected chi connectivity index (χ0v) is 12.0. The van der Waals surface area contributed by atoms with Gasteiger partial charge in [0.15, 0.2) is 0 Å². The molecule has 2 unspecified atom stereocenters. The molecule has 0 aromatic heterocycles. The first kappa shape index (κ1) is 15.0. The molecule has 2 rings (SSSR count). The van der Waals surface area contributed by atoms with Crippen molar-refractivity contribution >= 4 is 15.9 Å². The number of primary sulfonamides is 1. The van der Waals surface area contributed by atoms with Crippen LogP contribution in [-0.2, 0) is 14.8 Å². The van der Waals surface area contributed by atoms with Gasteiger partial charge >= 0.3 is 0 Å². The second kappa shape index (κ2) is 5.90. The number of amides is 1. The van der Waals surface area contributed by atoms with Crippen molar-refractivity contribution in [2.45, 2.75) is 24.3 Å². The predicted octanol–water partition coefficient (Wildman–Crippen LogP) is 0.489. The zero-order chi connectivity index (χ0) is 14.8. The van der Waals surface area contributed by atoms with Gasteiger partial charge in [0.25, 0.3) is 5.91 Å². The van der Waals surface area contributed by atoms with Crippen molar-refractivity contribution in [2.24, 2.45) is 11.1 Å². The molecule has 0 saturated carbocycles. The molecule has 1 amide bonds. The summed E-state index contributed by atoms with van der Waals surface area (Å²) in [6, 6.07) is 5.69. The fourth-order valence-electron chi connectivity index (χ4n) is 2.18. The number of hydrogen-bond donors (Lipinski definition) is 2. The van der Waals surface area contributed by atoms with Crippen molar-refractivity contribution in [3.8, 4) is 0 Å². The van der Waals surface area contributed by atoms with E-state index in [2.05, 4.69) is 5.32 Å². The molecule has 3 N–H and O–H groups in total. The molecule has 1 saturated heterocycles. The van der Waals surface area contributed by atoms with Crippen LogP contribution in [0.1, 0.15) is 23.7 Å². The summed E-state index contributed by atoms with van der Waals surface area (Å²) in [7, 11) is -3.80. The smallest absolute Gasteiger partial charge is 0.251 e. The van der Waals surface area contributed by atoms with Gasteiger partial charge in [0, 0.05) is 24.6 Å². The van der Waals surface area contributed by atoms with Crippen LogP contribution in [-0.4, -0.2) is 33.6 Å². The third kappa shape index (κ3) is 3.56. The molecule has 1 heterocycles. The molecule has 20 heavy (non-hydrogen) atoms. The molecule has 6 nitrogen and oxygen atoms in total. The fraction of sp³-hybridized carbons (Fsp3) is 0.462. The molecule has 1 aromatic carbocycles. The van der Waals surface area contributed by atoms with Crippen LogP contribution in [0, 0.1) is 5.92 Å². The summed E-state index contributed by atoms with van der Waals surface area (Å²) in [6.45, 7) is 3.20. The Morgan fingerprint density at radius 1 is 1.50 bits per heavy atom. The van der Waals surface area contributed by atoms with Gasteiger partial charge in [-0.3, -0.25) is 4.79 Å². The van der Waals surface area contributed by atoms with Crippen LogP contribution >= 0.6 is 0 Å². The second-order valence-electron chi connectivity index (χ2n) is 4.91. The standard InChI is InChI=1S/C13H18N2O4S/c1-9-11(5-6-19-9)8-15-13(16)10-3-2-4-12(7-10)20(14,17)18/h2-4,7,9,11H,5-6,8H2,1H3,(H,15,16)(H2,14,17,18). The van der Waals surface area contributed by atoms with Crippen molar-refractivity contribution in [3.63, 3.8) is 0 Å². The van der Waals surface area contributed by atoms with Crippen LogP contribution in [0.4, 0.5) is 0 Å². The molecule has 0 aliphatic carbocycles. The normalized spacial score (nSPS) is 22.7. The maximum atomic E-state index is 12.0. The Bertz CT molecular complexity index is 600. The maximum absolute atomic E-state index is 12.0. The van der Waals surface area contributed by atoms with Crippen LogP contribution < -0.4 is 10.5 Å². The maximum Gasteiger partial charge on any atom is 0.251 e. The third-order valence-corrected chi connectivity index (χ3v) is 4.39. The van der Waals surface area contributed by atoms with E-state index in [-0.39, 0.29) is 22.5 Å². The number of nitrogens with two attached hydrogens (primary N) is 1. The van der Waals surface area contributed by atoms with Gasteiger partial charge in [0.1, 0.15) is 0 Å². The van der Waals surface area contributed by atoms with E-state index >= 15 is 0 Å². The summed E-state index contributed by atoms with van der Waals surface area (Å²) < 4.78 is 27.9. The van der Waals surface area contributed by atoms with Crippen LogP contribution in [0.5, 0.6) is 0 Å². The largest absolute Gasteiger partial charge is 0.378 e. The highest BCUT2D eigenvalue weighted by atomic mass is 32.2. The van der Waals surface area contributed by atoms with Gasteiger partial charge in [-0.1, -0.05) is 6.07 Å². The lowest BCUT2D eigenvalue weighted by Crippen LogP contribution is -2.32. The van der Waals surface area contributed by atoms with Gasteiger partial charge in [-0.15, -0.1) is 0 Å². The van der Waals surface area contributed by atoms with Gasteiger partial charge in [-0.2, -0.15) is 0 Å². The molecule has 1 aliphatic rings. The zero-order valence-electron chi connectivity index (χ0n) is 11.2. The van der Waals surface area contributed by atoms with Gasteiger partial charge in [0.2, 0.25) is 10.0 Å². The Kier molecular flexibility index (Phi) is 4.42. The van der Waals surface area contributed by atoms with E-state index in [1.807, 2.05) is 6.92 Å². The van der Waals surface area contributed by atoms with E-state index in [9.17, 15) is 13.2 Å². The van der Waals surface area contributed by atoms with E-state index in [0.29, 0.717) is 19.1 Å². The van der Waals surface area contributed by atoms with Gasteiger partial charge < -0.3 is 10.1 Å². The SMILES string of the molecule is CC1OCCC1CNC(=O)c1cccc(S(N)(=O)=O)c1. The van der Waals surface area contributed by atoms with Crippen molar-refractivity contribution in [3.05, 3.63) is 29.8 Å². The molecule has 2 atom stereocenters. The number of nitrogens with one attached hydrogen (secondary N) is 1. The molecule has 1 fully saturated rings. The molecule has 0 spiro atoms.